The third-order valence-corrected chi connectivity index (χ3v) is 1.83. The van der Waals surface area contributed by atoms with Crippen LogP contribution in [0.25, 0.3) is 0 Å². The largest absolute Gasteiger partial charge is 0.396 e. The summed E-state index contributed by atoms with van der Waals surface area (Å²) >= 11 is 0. The maximum Gasteiger partial charge on any atom is 0.236 e. The van der Waals surface area contributed by atoms with Gasteiger partial charge in [-0.05, 0) is 19.8 Å². The maximum absolute atomic E-state index is 11.2. The predicted molar refractivity (Wildman–Crippen MR) is 52.4 cm³/mol. The third kappa shape index (κ3) is 5.60. The van der Waals surface area contributed by atoms with Gasteiger partial charge in [0.05, 0.1) is 6.04 Å². The summed E-state index contributed by atoms with van der Waals surface area (Å²) < 4.78 is 0. The number of aliphatic hydroxyl groups excluding tert-OH is 1. The monoisotopic (exact) mass is 188 g/mol. The normalized spacial score (nSPS) is 15.1. The Bertz CT molecular complexity index is 151. The Kier molecular flexibility index (Phi) is 6.54. The van der Waals surface area contributed by atoms with Gasteiger partial charge in [-0.25, -0.2) is 0 Å². The molecule has 78 valence electrons. The number of hydrogen-bond donors (Lipinski definition) is 3. The van der Waals surface area contributed by atoms with Crippen LogP contribution < -0.4 is 10.6 Å². The van der Waals surface area contributed by atoms with E-state index in [2.05, 4.69) is 10.6 Å². The molecular weight excluding hydrogens is 168 g/mol. The Hall–Kier alpha value is -0.610. The van der Waals surface area contributed by atoms with Crippen molar-refractivity contribution in [3.63, 3.8) is 0 Å². The molecule has 0 aliphatic carbocycles. The molecule has 0 heterocycles. The lowest BCUT2D eigenvalue weighted by molar-refractivity contribution is -0.122. The first kappa shape index (κ1) is 12.4. The molecule has 0 aliphatic heterocycles. The van der Waals surface area contributed by atoms with Crippen LogP contribution in [0.3, 0.4) is 0 Å². The second-order valence-electron chi connectivity index (χ2n) is 3.31. The minimum absolute atomic E-state index is 0.00707. The molecule has 13 heavy (non-hydrogen) atoms. The van der Waals surface area contributed by atoms with Gasteiger partial charge in [-0.2, -0.15) is 0 Å². The van der Waals surface area contributed by atoms with Crippen molar-refractivity contribution in [1.82, 2.24) is 10.6 Å². The van der Waals surface area contributed by atoms with E-state index in [0.717, 1.165) is 0 Å². The SMILES string of the molecule is CCNC(=O)C(C)NCC(C)CO. The van der Waals surface area contributed by atoms with E-state index >= 15 is 0 Å². The molecule has 3 N–H and O–H groups in total. The third-order valence-electron chi connectivity index (χ3n) is 1.83. The molecule has 0 aromatic carbocycles. The van der Waals surface area contributed by atoms with Gasteiger partial charge in [0.25, 0.3) is 0 Å². The van der Waals surface area contributed by atoms with Crippen molar-refractivity contribution in [3.05, 3.63) is 0 Å². The second-order valence-corrected chi connectivity index (χ2v) is 3.31. The average Bonchev–Trinajstić information content (AvgIpc) is 2.13. The Morgan fingerprint density at radius 1 is 1.46 bits per heavy atom. The predicted octanol–water partition coefficient (Wildman–Crippen LogP) is -0.271. The fourth-order valence-electron chi connectivity index (χ4n) is 0.863. The highest BCUT2D eigenvalue weighted by atomic mass is 16.3. The van der Waals surface area contributed by atoms with Crippen LogP contribution >= 0.6 is 0 Å². The number of likely N-dealkylation sites (N-methyl/N-ethyl adjacent to an activating group) is 1. The van der Waals surface area contributed by atoms with Crippen LogP contribution in [0, 0.1) is 5.92 Å². The first-order chi connectivity index (χ1) is 6.11. The zero-order valence-corrected chi connectivity index (χ0v) is 8.63. The van der Waals surface area contributed by atoms with Crippen molar-refractivity contribution in [2.24, 2.45) is 5.92 Å². The molecule has 2 unspecified atom stereocenters. The first-order valence-electron chi connectivity index (χ1n) is 4.73. The van der Waals surface area contributed by atoms with Gasteiger partial charge in [-0.1, -0.05) is 6.92 Å². The molecule has 0 aromatic heterocycles. The lowest BCUT2D eigenvalue weighted by atomic mass is 10.2. The standard InChI is InChI=1S/C9H20N2O2/c1-4-10-9(13)8(3)11-5-7(2)6-12/h7-8,11-12H,4-6H2,1-3H3,(H,10,13). The molecule has 0 bridgehead atoms. The Labute approximate surface area is 79.7 Å². The molecule has 2 atom stereocenters. The van der Waals surface area contributed by atoms with E-state index in [-0.39, 0.29) is 24.5 Å². The smallest absolute Gasteiger partial charge is 0.236 e. The number of hydrogen-bond acceptors (Lipinski definition) is 3. The van der Waals surface area contributed by atoms with E-state index in [0.29, 0.717) is 13.1 Å². The van der Waals surface area contributed by atoms with Crippen LogP contribution in [0.5, 0.6) is 0 Å². The summed E-state index contributed by atoms with van der Waals surface area (Å²) in [5.41, 5.74) is 0. The van der Waals surface area contributed by atoms with Crippen LogP contribution in [0.15, 0.2) is 0 Å². The number of aliphatic hydroxyl groups is 1. The number of amides is 1. The zero-order valence-electron chi connectivity index (χ0n) is 8.63. The summed E-state index contributed by atoms with van der Waals surface area (Å²) in [6, 6.07) is -0.186. The van der Waals surface area contributed by atoms with Gasteiger partial charge < -0.3 is 15.7 Å². The minimum atomic E-state index is -0.186. The fraction of sp³-hybridized carbons (Fsp3) is 0.889. The summed E-state index contributed by atoms with van der Waals surface area (Å²) in [4.78, 5) is 11.2. The molecule has 0 aliphatic rings. The number of nitrogens with one attached hydrogen (secondary N) is 2. The fourth-order valence-corrected chi connectivity index (χ4v) is 0.863. The Balaban J connectivity index is 3.60. The molecule has 0 aromatic rings. The molecule has 0 fully saturated rings. The molecule has 4 heteroatoms. The van der Waals surface area contributed by atoms with Crippen molar-refractivity contribution in [3.8, 4) is 0 Å². The van der Waals surface area contributed by atoms with E-state index in [1.165, 1.54) is 0 Å². The van der Waals surface area contributed by atoms with Gasteiger partial charge in [-0.15, -0.1) is 0 Å². The highest BCUT2D eigenvalue weighted by Crippen LogP contribution is 1.90. The maximum atomic E-state index is 11.2. The minimum Gasteiger partial charge on any atom is -0.396 e. The lowest BCUT2D eigenvalue weighted by Gasteiger charge is -2.15. The summed E-state index contributed by atoms with van der Waals surface area (Å²) in [6.45, 7) is 7.10. The van der Waals surface area contributed by atoms with Crippen LogP contribution in [0.4, 0.5) is 0 Å². The lowest BCUT2D eigenvalue weighted by Crippen LogP contribution is -2.43. The second kappa shape index (κ2) is 6.86. The highest BCUT2D eigenvalue weighted by molar-refractivity contribution is 5.81. The molecule has 0 spiro atoms. The van der Waals surface area contributed by atoms with Crippen molar-refractivity contribution >= 4 is 5.91 Å². The molecule has 0 saturated heterocycles. The molecule has 0 radical (unpaired) electrons. The zero-order chi connectivity index (χ0) is 10.3. The van der Waals surface area contributed by atoms with Crippen LogP contribution in [0.1, 0.15) is 20.8 Å². The molecular formula is C9H20N2O2. The number of carbonyl (C=O) groups excluding carboxylic acids is 1. The van der Waals surface area contributed by atoms with Crippen molar-refractivity contribution < 1.29 is 9.90 Å². The van der Waals surface area contributed by atoms with E-state index in [1.807, 2.05) is 20.8 Å². The topological polar surface area (TPSA) is 61.4 Å². The van der Waals surface area contributed by atoms with Gasteiger partial charge in [0.15, 0.2) is 0 Å². The number of rotatable bonds is 6. The van der Waals surface area contributed by atoms with E-state index in [9.17, 15) is 4.79 Å². The summed E-state index contributed by atoms with van der Waals surface area (Å²) in [6.07, 6.45) is 0. The van der Waals surface area contributed by atoms with Gasteiger partial charge >= 0.3 is 0 Å². The van der Waals surface area contributed by atoms with E-state index < -0.39 is 0 Å². The van der Waals surface area contributed by atoms with Crippen molar-refractivity contribution in [1.29, 1.82) is 0 Å². The summed E-state index contributed by atoms with van der Waals surface area (Å²) in [5.74, 6) is 0.199. The summed E-state index contributed by atoms with van der Waals surface area (Å²) in [5, 5.41) is 14.5. The highest BCUT2D eigenvalue weighted by Gasteiger charge is 2.11. The Morgan fingerprint density at radius 3 is 2.54 bits per heavy atom. The van der Waals surface area contributed by atoms with Crippen LogP contribution in [-0.4, -0.2) is 36.8 Å². The van der Waals surface area contributed by atoms with E-state index in [4.69, 9.17) is 5.11 Å². The van der Waals surface area contributed by atoms with Crippen molar-refractivity contribution in [2.75, 3.05) is 19.7 Å². The molecule has 4 nitrogen and oxygen atoms in total. The average molecular weight is 188 g/mol. The van der Waals surface area contributed by atoms with Gasteiger partial charge in [-0.3, -0.25) is 4.79 Å². The Morgan fingerprint density at radius 2 is 2.08 bits per heavy atom. The first-order valence-corrected chi connectivity index (χ1v) is 4.73. The molecule has 0 saturated carbocycles. The van der Waals surface area contributed by atoms with Crippen LogP contribution in [-0.2, 0) is 4.79 Å². The van der Waals surface area contributed by atoms with Gasteiger partial charge in [0, 0.05) is 19.7 Å². The molecule has 0 rings (SSSR count). The summed E-state index contributed by atoms with van der Waals surface area (Å²) in [7, 11) is 0. The van der Waals surface area contributed by atoms with E-state index in [1.54, 1.807) is 0 Å². The van der Waals surface area contributed by atoms with Crippen LogP contribution in [0.2, 0.25) is 0 Å². The molecule has 1 amide bonds. The number of carbonyl (C=O) groups is 1. The quantitative estimate of drug-likeness (QED) is 0.537. The van der Waals surface area contributed by atoms with Crippen molar-refractivity contribution in [2.45, 2.75) is 26.8 Å². The van der Waals surface area contributed by atoms with Gasteiger partial charge in [0.2, 0.25) is 5.91 Å². The van der Waals surface area contributed by atoms with Gasteiger partial charge in [0.1, 0.15) is 0 Å².